The van der Waals surface area contributed by atoms with Gasteiger partial charge in [0.25, 0.3) is 0 Å². The van der Waals surface area contributed by atoms with E-state index < -0.39 is 97.5 Å². The van der Waals surface area contributed by atoms with E-state index in [9.17, 15) is 43.2 Å². The molecular weight excluding hydrogens is 1310 g/mol. The molecule has 0 aromatic carbocycles. The van der Waals surface area contributed by atoms with Crippen molar-refractivity contribution in [2.75, 3.05) is 39.6 Å². The molecule has 19 heteroatoms. The van der Waals surface area contributed by atoms with Crippen molar-refractivity contribution in [1.29, 1.82) is 0 Å². The number of ether oxygens (including phenoxy) is 4. The summed E-state index contributed by atoms with van der Waals surface area (Å²) in [6, 6.07) is 0. The highest BCUT2D eigenvalue weighted by Crippen LogP contribution is 2.45. The number of phosphoric ester groups is 2. The predicted molar refractivity (Wildman–Crippen MR) is 409 cm³/mol. The Morgan fingerprint density at radius 2 is 0.400 bits per heavy atom. The Morgan fingerprint density at radius 1 is 0.240 bits per heavy atom. The van der Waals surface area contributed by atoms with Gasteiger partial charge in [0.15, 0.2) is 12.2 Å². The van der Waals surface area contributed by atoms with Crippen LogP contribution in [0.1, 0.15) is 439 Å². The lowest BCUT2D eigenvalue weighted by molar-refractivity contribution is -0.161. The Labute approximate surface area is 613 Å². The molecule has 0 heterocycles. The second-order valence-electron chi connectivity index (χ2n) is 29.2. The Morgan fingerprint density at radius 3 is 0.590 bits per heavy atom. The van der Waals surface area contributed by atoms with Gasteiger partial charge >= 0.3 is 39.5 Å². The minimum atomic E-state index is -4.96. The third-order valence-electron chi connectivity index (χ3n) is 19.1. The third kappa shape index (κ3) is 74.3. The van der Waals surface area contributed by atoms with Crippen LogP contribution in [0.3, 0.4) is 0 Å². The van der Waals surface area contributed by atoms with Gasteiger partial charge in [0.1, 0.15) is 19.3 Å². The molecule has 0 fully saturated rings. The maximum Gasteiger partial charge on any atom is 0.472 e. The molecule has 17 nitrogen and oxygen atoms in total. The molecular formula is C81H158O17P2. The molecule has 100 heavy (non-hydrogen) atoms. The van der Waals surface area contributed by atoms with E-state index in [1.54, 1.807) is 0 Å². The quantitative estimate of drug-likeness (QED) is 0.0222. The minimum absolute atomic E-state index is 0.109. The first-order valence-corrected chi connectivity index (χ1v) is 45.3. The van der Waals surface area contributed by atoms with Gasteiger partial charge in [-0.05, 0) is 25.7 Å². The van der Waals surface area contributed by atoms with E-state index in [1.165, 1.54) is 270 Å². The molecule has 0 rings (SSSR count). The fourth-order valence-electron chi connectivity index (χ4n) is 12.6. The van der Waals surface area contributed by atoms with Crippen LogP contribution in [0, 0.1) is 0 Å². The largest absolute Gasteiger partial charge is 0.472 e. The van der Waals surface area contributed by atoms with Crippen LogP contribution in [0.5, 0.6) is 0 Å². The lowest BCUT2D eigenvalue weighted by Gasteiger charge is -2.21. The number of aliphatic hydroxyl groups excluding tert-OH is 1. The Kier molecular flexibility index (Phi) is 73.8. The molecule has 0 aromatic heterocycles. The van der Waals surface area contributed by atoms with E-state index in [4.69, 9.17) is 37.0 Å². The summed E-state index contributed by atoms with van der Waals surface area (Å²) in [6.07, 6.45) is 67.8. The number of unbranched alkanes of at least 4 members (excludes halogenated alkanes) is 56. The summed E-state index contributed by atoms with van der Waals surface area (Å²) >= 11 is 0. The zero-order valence-electron chi connectivity index (χ0n) is 65.2. The SMILES string of the molecule is CCCCCCCCCCCCCCCCCCCCCC(=O)O[C@H](COC(=O)CCCCCCCCCCCCCCCCC)COP(=O)(O)OC[C@@H](O)COP(=O)(O)OC[C@@H](COC(=O)CCCCCCCCCCCCCC)OC(=O)CCCCCCCCCCCCCCCC. The lowest BCUT2D eigenvalue weighted by Crippen LogP contribution is -2.30. The lowest BCUT2D eigenvalue weighted by atomic mass is 10.0. The first-order valence-electron chi connectivity index (χ1n) is 42.3. The van der Waals surface area contributed by atoms with Crippen LogP contribution >= 0.6 is 15.6 Å². The number of aliphatic hydroxyl groups is 1. The van der Waals surface area contributed by atoms with Gasteiger partial charge in [0, 0.05) is 25.7 Å². The van der Waals surface area contributed by atoms with Crippen LogP contribution in [0.25, 0.3) is 0 Å². The summed E-state index contributed by atoms with van der Waals surface area (Å²) in [5.41, 5.74) is 0. The van der Waals surface area contributed by atoms with Gasteiger partial charge in [-0.1, -0.05) is 387 Å². The molecule has 0 bridgehead atoms. The number of hydrogen-bond acceptors (Lipinski definition) is 15. The second-order valence-corrected chi connectivity index (χ2v) is 32.1. The van der Waals surface area contributed by atoms with Crippen LogP contribution in [0.2, 0.25) is 0 Å². The summed E-state index contributed by atoms with van der Waals surface area (Å²) in [5.74, 6) is -2.10. The summed E-state index contributed by atoms with van der Waals surface area (Å²) < 4.78 is 68.8. The Bertz CT molecular complexity index is 1890. The fourth-order valence-corrected chi connectivity index (χ4v) is 14.2. The van der Waals surface area contributed by atoms with Gasteiger partial charge in [0.2, 0.25) is 0 Å². The van der Waals surface area contributed by atoms with E-state index >= 15 is 0 Å². The molecule has 5 atom stereocenters. The smallest absolute Gasteiger partial charge is 0.462 e. The zero-order valence-corrected chi connectivity index (χ0v) is 67.0. The van der Waals surface area contributed by atoms with Gasteiger partial charge in [0.05, 0.1) is 26.4 Å². The molecule has 0 aliphatic heterocycles. The molecule has 0 aliphatic carbocycles. The van der Waals surface area contributed by atoms with E-state index in [2.05, 4.69) is 27.7 Å². The van der Waals surface area contributed by atoms with Crippen molar-refractivity contribution in [3.63, 3.8) is 0 Å². The summed E-state index contributed by atoms with van der Waals surface area (Å²) in [4.78, 5) is 73.1. The van der Waals surface area contributed by atoms with Crippen LogP contribution in [0.4, 0.5) is 0 Å². The highest BCUT2D eigenvalue weighted by atomic mass is 31.2. The topological polar surface area (TPSA) is 237 Å². The van der Waals surface area contributed by atoms with Crippen molar-refractivity contribution in [1.82, 2.24) is 0 Å². The molecule has 0 aromatic rings. The Hall–Kier alpha value is -1.94. The van der Waals surface area contributed by atoms with E-state index in [0.717, 1.165) is 89.9 Å². The number of esters is 4. The number of carbonyl (C=O) groups excluding carboxylic acids is 4. The van der Waals surface area contributed by atoms with Crippen molar-refractivity contribution in [3.8, 4) is 0 Å². The van der Waals surface area contributed by atoms with Gasteiger partial charge in [-0.25, -0.2) is 9.13 Å². The molecule has 594 valence electrons. The standard InChI is InChI=1S/C81H158O17P2/c1-5-9-13-17-21-25-29-33-36-37-38-39-41-44-48-52-56-60-64-68-81(86)98-77(72-92-79(84)66-62-58-54-50-46-43-40-34-30-26-22-18-14-10-6-2)74-96-100(89,90)94-70-75(82)69-93-99(87,88)95-73-76(71-91-78(83)65-61-57-53-49-45-32-28-24-20-16-12-8-4)97-80(85)67-63-59-55-51-47-42-35-31-27-23-19-15-11-7-3/h75-77,82H,5-74H2,1-4H3,(H,87,88)(H,89,90)/t75-,76+,77+/m0/s1. The molecule has 3 N–H and O–H groups in total. The number of carbonyl (C=O) groups is 4. The third-order valence-corrected chi connectivity index (χ3v) is 21.0. The average Bonchev–Trinajstić information content (AvgIpc) is 1.15. The number of phosphoric acid groups is 2. The van der Waals surface area contributed by atoms with Gasteiger partial charge in [-0.3, -0.25) is 37.3 Å². The summed E-state index contributed by atoms with van der Waals surface area (Å²) in [6.45, 7) is 5.04. The first-order chi connectivity index (χ1) is 48.7. The monoisotopic (exact) mass is 1470 g/mol. The fraction of sp³-hybridized carbons (Fsp3) is 0.951. The summed E-state index contributed by atoms with van der Waals surface area (Å²) in [5, 5.41) is 10.6. The number of hydrogen-bond donors (Lipinski definition) is 3. The highest BCUT2D eigenvalue weighted by molar-refractivity contribution is 7.47. The molecule has 0 amide bonds. The van der Waals surface area contributed by atoms with Gasteiger partial charge < -0.3 is 33.8 Å². The normalized spacial score (nSPS) is 13.8. The molecule has 0 aliphatic rings. The molecule has 0 saturated heterocycles. The average molecular weight is 1470 g/mol. The van der Waals surface area contributed by atoms with E-state index in [1.807, 2.05) is 0 Å². The van der Waals surface area contributed by atoms with Crippen molar-refractivity contribution in [3.05, 3.63) is 0 Å². The zero-order chi connectivity index (χ0) is 73.2. The van der Waals surface area contributed by atoms with Crippen molar-refractivity contribution >= 4 is 39.5 Å². The predicted octanol–water partition coefficient (Wildman–Crippen LogP) is 24.6. The van der Waals surface area contributed by atoms with Gasteiger partial charge in [-0.2, -0.15) is 0 Å². The number of rotatable bonds is 82. The first kappa shape index (κ1) is 98.1. The van der Waals surface area contributed by atoms with Crippen LogP contribution in [-0.2, 0) is 65.4 Å². The van der Waals surface area contributed by atoms with Crippen molar-refractivity contribution in [2.24, 2.45) is 0 Å². The molecule has 0 spiro atoms. The van der Waals surface area contributed by atoms with E-state index in [0.29, 0.717) is 25.7 Å². The molecule has 0 radical (unpaired) electrons. The molecule has 0 saturated carbocycles. The van der Waals surface area contributed by atoms with Crippen LogP contribution < -0.4 is 0 Å². The summed E-state index contributed by atoms with van der Waals surface area (Å²) in [7, 11) is -9.92. The van der Waals surface area contributed by atoms with Crippen LogP contribution in [0.15, 0.2) is 0 Å². The van der Waals surface area contributed by atoms with Crippen LogP contribution in [-0.4, -0.2) is 96.7 Å². The second kappa shape index (κ2) is 75.3. The van der Waals surface area contributed by atoms with E-state index in [-0.39, 0.29) is 25.7 Å². The highest BCUT2D eigenvalue weighted by Gasteiger charge is 2.30. The maximum atomic E-state index is 13.1. The maximum absolute atomic E-state index is 13.1. The van der Waals surface area contributed by atoms with Crippen molar-refractivity contribution < 1.29 is 80.2 Å². The minimum Gasteiger partial charge on any atom is -0.462 e. The Balaban J connectivity index is 5.25. The van der Waals surface area contributed by atoms with Gasteiger partial charge in [-0.15, -0.1) is 0 Å². The van der Waals surface area contributed by atoms with Crippen molar-refractivity contribution in [2.45, 2.75) is 457 Å². The molecule has 2 unspecified atom stereocenters.